The summed E-state index contributed by atoms with van der Waals surface area (Å²) in [7, 11) is 1.90. The lowest BCUT2D eigenvalue weighted by Gasteiger charge is -2.25. The quantitative estimate of drug-likeness (QED) is 0.486. The molecule has 1 N–H and O–H groups in total. The standard InChI is InChI=1S/C24H21FN4O/c1-16-7-9-19(13-26-16)29-22-10-8-18(11-17(22)12-27-29)24(30,15-25)21-14-28(2)23-6-4-3-5-20(21)23/h3-14,30H,15H2,1-2H3. The second kappa shape index (κ2) is 6.78. The molecular formula is C24H21FN4O. The fourth-order valence-corrected chi connectivity index (χ4v) is 4.06. The first-order valence-electron chi connectivity index (χ1n) is 9.75. The molecule has 2 aromatic carbocycles. The average Bonchev–Trinajstić information content (AvgIpc) is 3.35. The van der Waals surface area contributed by atoms with Crippen LogP contribution in [-0.4, -0.2) is 31.1 Å². The summed E-state index contributed by atoms with van der Waals surface area (Å²) in [6.07, 6.45) is 5.29. The monoisotopic (exact) mass is 400 g/mol. The van der Waals surface area contributed by atoms with Crippen LogP contribution >= 0.6 is 0 Å². The molecule has 3 aromatic heterocycles. The van der Waals surface area contributed by atoms with Crippen molar-refractivity contribution in [3.05, 3.63) is 90.0 Å². The summed E-state index contributed by atoms with van der Waals surface area (Å²) in [6.45, 7) is 1.00. The van der Waals surface area contributed by atoms with E-state index in [-0.39, 0.29) is 0 Å². The topological polar surface area (TPSA) is 55.9 Å². The fourth-order valence-electron chi connectivity index (χ4n) is 4.06. The van der Waals surface area contributed by atoms with Gasteiger partial charge in [-0.15, -0.1) is 0 Å². The number of rotatable bonds is 4. The van der Waals surface area contributed by atoms with Gasteiger partial charge in [0.15, 0.2) is 0 Å². The van der Waals surface area contributed by atoms with Crippen LogP contribution in [0.1, 0.15) is 16.8 Å². The molecule has 0 saturated heterocycles. The first-order chi connectivity index (χ1) is 14.5. The Balaban J connectivity index is 1.65. The number of para-hydroxylation sites is 1. The van der Waals surface area contributed by atoms with Crippen LogP contribution in [0, 0.1) is 6.92 Å². The number of nitrogens with zero attached hydrogens (tertiary/aromatic N) is 4. The zero-order valence-electron chi connectivity index (χ0n) is 16.7. The van der Waals surface area contributed by atoms with Gasteiger partial charge < -0.3 is 9.67 Å². The van der Waals surface area contributed by atoms with Crippen LogP contribution in [0.5, 0.6) is 0 Å². The Kier molecular flexibility index (Phi) is 4.18. The third kappa shape index (κ3) is 2.72. The molecular weight excluding hydrogens is 379 g/mol. The number of pyridine rings is 1. The van der Waals surface area contributed by atoms with Gasteiger partial charge in [0, 0.05) is 40.8 Å². The van der Waals surface area contributed by atoms with Crippen LogP contribution < -0.4 is 0 Å². The van der Waals surface area contributed by atoms with Gasteiger partial charge in [-0.25, -0.2) is 9.07 Å². The van der Waals surface area contributed by atoms with E-state index in [4.69, 9.17) is 0 Å². The molecule has 0 spiro atoms. The zero-order chi connectivity index (χ0) is 20.9. The van der Waals surface area contributed by atoms with Crippen LogP contribution in [-0.2, 0) is 12.6 Å². The molecule has 0 fully saturated rings. The van der Waals surface area contributed by atoms with Gasteiger partial charge in [0.1, 0.15) is 12.3 Å². The SMILES string of the molecule is Cc1ccc(-n2ncc3cc(C(O)(CF)c4cn(C)c5ccccc45)ccc32)cn1. The summed E-state index contributed by atoms with van der Waals surface area (Å²) in [5, 5.41) is 17.6. The first-order valence-corrected chi connectivity index (χ1v) is 9.75. The molecule has 0 aliphatic heterocycles. The molecule has 1 atom stereocenters. The van der Waals surface area contributed by atoms with Crippen LogP contribution in [0.15, 0.2) is 73.2 Å². The van der Waals surface area contributed by atoms with E-state index in [0.29, 0.717) is 11.1 Å². The van der Waals surface area contributed by atoms with E-state index in [1.54, 1.807) is 29.3 Å². The van der Waals surface area contributed by atoms with Gasteiger partial charge in [0.05, 0.1) is 23.6 Å². The van der Waals surface area contributed by atoms with E-state index in [9.17, 15) is 9.50 Å². The van der Waals surface area contributed by atoms with Crippen molar-refractivity contribution in [3.8, 4) is 5.69 Å². The van der Waals surface area contributed by atoms with Crippen LogP contribution in [0.3, 0.4) is 0 Å². The van der Waals surface area contributed by atoms with Gasteiger partial charge >= 0.3 is 0 Å². The highest BCUT2D eigenvalue weighted by Crippen LogP contribution is 2.37. The summed E-state index contributed by atoms with van der Waals surface area (Å²) in [5.41, 5.74) is 2.89. The maximum Gasteiger partial charge on any atom is 0.145 e. The number of aromatic nitrogens is 4. The number of hydrogen-bond acceptors (Lipinski definition) is 3. The molecule has 0 aliphatic rings. The van der Waals surface area contributed by atoms with Gasteiger partial charge in [-0.05, 0) is 42.8 Å². The minimum absolute atomic E-state index is 0.496. The largest absolute Gasteiger partial charge is 0.378 e. The molecule has 5 nitrogen and oxygen atoms in total. The van der Waals surface area contributed by atoms with E-state index >= 15 is 0 Å². The average molecular weight is 400 g/mol. The Morgan fingerprint density at radius 3 is 2.63 bits per heavy atom. The summed E-state index contributed by atoms with van der Waals surface area (Å²) < 4.78 is 18.1. The number of aliphatic hydroxyl groups is 1. The number of alkyl halides is 1. The Labute approximate surface area is 173 Å². The van der Waals surface area contributed by atoms with Crippen molar-refractivity contribution in [1.82, 2.24) is 19.3 Å². The van der Waals surface area contributed by atoms with E-state index in [1.165, 1.54) is 0 Å². The van der Waals surface area contributed by atoms with Crippen molar-refractivity contribution < 1.29 is 9.50 Å². The Bertz CT molecular complexity index is 1370. The van der Waals surface area contributed by atoms with Gasteiger partial charge in [-0.3, -0.25) is 4.98 Å². The van der Waals surface area contributed by atoms with Crippen LogP contribution in [0.4, 0.5) is 4.39 Å². The third-order valence-corrected chi connectivity index (χ3v) is 5.72. The minimum atomic E-state index is -1.75. The van der Waals surface area contributed by atoms with Gasteiger partial charge in [0.25, 0.3) is 0 Å². The molecule has 0 bridgehead atoms. The van der Waals surface area contributed by atoms with E-state index in [2.05, 4.69) is 10.1 Å². The van der Waals surface area contributed by atoms with E-state index in [1.807, 2.05) is 67.1 Å². The summed E-state index contributed by atoms with van der Waals surface area (Å²) in [4.78, 5) is 4.33. The molecule has 30 heavy (non-hydrogen) atoms. The lowest BCUT2D eigenvalue weighted by atomic mass is 9.86. The number of halogens is 1. The van der Waals surface area contributed by atoms with Crippen molar-refractivity contribution in [2.24, 2.45) is 7.05 Å². The second-order valence-corrected chi connectivity index (χ2v) is 7.65. The van der Waals surface area contributed by atoms with Gasteiger partial charge in [-0.2, -0.15) is 5.10 Å². The first kappa shape index (κ1) is 18.5. The maximum absolute atomic E-state index is 14.4. The lowest BCUT2D eigenvalue weighted by Crippen LogP contribution is -2.29. The zero-order valence-corrected chi connectivity index (χ0v) is 16.7. The predicted octanol–water partition coefficient (Wildman–Crippen LogP) is 4.43. The molecule has 3 heterocycles. The van der Waals surface area contributed by atoms with Gasteiger partial charge in [-0.1, -0.05) is 24.3 Å². The molecule has 0 saturated carbocycles. The summed E-state index contributed by atoms with van der Waals surface area (Å²) in [5.74, 6) is 0. The highest BCUT2D eigenvalue weighted by atomic mass is 19.1. The molecule has 0 aliphatic carbocycles. The highest BCUT2D eigenvalue weighted by Gasteiger charge is 2.35. The molecule has 0 radical (unpaired) electrons. The van der Waals surface area contributed by atoms with Crippen LogP contribution in [0.25, 0.3) is 27.5 Å². The van der Waals surface area contributed by atoms with Crippen LogP contribution in [0.2, 0.25) is 0 Å². The number of aryl methyl sites for hydroxylation is 2. The summed E-state index contributed by atoms with van der Waals surface area (Å²) >= 11 is 0. The van der Waals surface area contributed by atoms with E-state index in [0.717, 1.165) is 33.2 Å². The van der Waals surface area contributed by atoms with Gasteiger partial charge in [0.2, 0.25) is 0 Å². The molecule has 5 aromatic rings. The summed E-state index contributed by atoms with van der Waals surface area (Å²) in [6, 6.07) is 17.0. The molecule has 5 rings (SSSR count). The number of hydrogen-bond donors (Lipinski definition) is 1. The van der Waals surface area contributed by atoms with Crippen molar-refractivity contribution >= 4 is 21.8 Å². The molecule has 1 unspecified atom stereocenters. The molecule has 150 valence electrons. The smallest absolute Gasteiger partial charge is 0.145 e. The van der Waals surface area contributed by atoms with Crippen molar-refractivity contribution in [1.29, 1.82) is 0 Å². The second-order valence-electron chi connectivity index (χ2n) is 7.65. The molecule has 0 amide bonds. The third-order valence-electron chi connectivity index (χ3n) is 5.72. The van der Waals surface area contributed by atoms with E-state index < -0.39 is 12.3 Å². The highest BCUT2D eigenvalue weighted by molar-refractivity contribution is 5.86. The molecule has 6 heteroatoms. The number of fused-ring (bicyclic) bond motifs is 2. The Morgan fingerprint density at radius 1 is 1.03 bits per heavy atom. The van der Waals surface area contributed by atoms with Crippen molar-refractivity contribution in [2.45, 2.75) is 12.5 Å². The lowest BCUT2D eigenvalue weighted by molar-refractivity contribution is 0.0532. The predicted molar refractivity (Wildman–Crippen MR) is 115 cm³/mol. The minimum Gasteiger partial charge on any atom is -0.378 e. The van der Waals surface area contributed by atoms with Crippen molar-refractivity contribution in [3.63, 3.8) is 0 Å². The van der Waals surface area contributed by atoms with Crippen molar-refractivity contribution in [2.75, 3.05) is 6.67 Å². The maximum atomic E-state index is 14.4. The number of benzene rings is 2. The fraction of sp³-hybridized carbons (Fsp3) is 0.167. The normalized spacial score (nSPS) is 13.7. The Hall–Kier alpha value is -3.51. The Morgan fingerprint density at radius 2 is 1.87 bits per heavy atom.